The summed E-state index contributed by atoms with van der Waals surface area (Å²) in [6.07, 6.45) is 3.77. The highest BCUT2D eigenvalue weighted by atomic mass is 16.5. The van der Waals surface area contributed by atoms with Gasteiger partial charge in [-0.3, -0.25) is 9.69 Å². The van der Waals surface area contributed by atoms with Crippen LogP contribution in [0, 0.1) is 5.92 Å². The normalized spacial score (nSPS) is 22.7. The van der Waals surface area contributed by atoms with Gasteiger partial charge in [-0.25, -0.2) is 9.69 Å². The third kappa shape index (κ3) is 4.83. The van der Waals surface area contributed by atoms with Crippen molar-refractivity contribution in [3.8, 4) is 11.5 Å². The molecule has 3 amide bonds. The Balaban J connectivity index is 1.38. The van der Waals surface area contributed by atoms with Crippen LogP contribution >= 0.6 is 0 Å². The highest BCUT2D eigenvalue weighted by Gasteiger charge is 2.54. The fraction of sp³-hybridized carbons (Fsp3) is 0.462. The Labute approximate surface area is 195 Å². The van der Waals surface area contributed by atoms with Gasteiger partial charge in [0.05, 0.1) is 13.8 Å². The zero-order chi connectivity index (χ0) is 23.4. The van der Waals surface area contributed by atoms with Crippen molar-refractivity contribution in [2.24, 2.45) is 5.92 Å². The van der Waals surface area contributed by atoms with E-state index in [1.54, 1.807) is 7.11 Å². The van der Waals surface area contributed by atoms with Gasteiger partial charge in [-0.2, -0.15) is 0 Å². The second-order valence-corrected chi connectivity index (χ2v) is 9.20. The van der Waals surface area contributed by atoms with Crippen LogP contribution in [0.5, 0.6) is 11.5 Å². The Morgan fingerprint density at radius 1 is 1.09 bits per heavy atom. The number of methoxy groups -OCH3 is 1. The number of benzene rings is 2. The second-order valence-electron chi connectivity index (χ2n) is 9.20. The third-order valence-electron chi connectivity index (χ3n) is 6.80. The number of amides is 3. The van der Waals surface area contributed by atoms with Crippen molar-refractivity contribution in [3.63, 3.8) is 0 Å². The van der Waals surface area contributed by atoms with Gasteiger partial charge in [0.15, 0.2) is 11.5 Å². The molecule has 7 nitrogen and oxygen atoms in total. The van der Waals surface area contributed by atoms with Crippen LogP contribution < -0.4 is 14.8 Å². The number of ether oxygens (including phenoxy) is 2. The average Bonchev–Trinajstić information content (AvgIpc) is 3.05. The van der Waals surface area contributed by atoms with Crippen LogP contribution in [0.15, 0.2) is 48.5 Å². The number of hydrogen-bond donors (Lipinski definition) is 1. The highest BCUT2D eigenvalue weighted by Crippen LogP contribution is 2.38. The number of hydrogen-bond acceptors (Lipinski definition) is 5. The van der Waals surface area contributed by atoms with Crippen LogP contribution in [-0.2, 0) is 17.9 Å². The highest BCUT2D eigenvalue weighted by molar-refractivity contribution is 6.07. The third-order valence-corrected chi connectivity index (χ3v) is 6.80. The molecule has 7 heteroatoms. The minimum atomic E-state index is -0.725. The molecule has 0 unspecified atom stereocenters. The molecule has 0 aromatic heterocycles. The van der Waals surface area contributed by atoms with Crippen LogP contribution in [-0.4, -0.2) is 48.1 Å². The number of nitrogens with zero attached hydrogens (tertiary/aromatic N) is 2. The molecule has 1 aliphatic carbocycles. The first-order valence-corrected chi connectivity index (χ1v) is 11.6. The molecule has 2 aliphatic rings. The molecule has 1 saturated carbocycles. The van der Waals surface area contributed by atoms with E-state index >= 15 is 0 Å². The van der Waals surface area contributed by atoms with E-state index in [2.05, 4.69) is 12.2 Å². The lowest BCUT2D eigenvalue weighted by Crippen LogP contribution is -2.54. The smallest absolute Gasteiger partial charge is 0.326 e. The standard InChI is InChI=1S/C26H33N3O4/c1-19-9-7-8-14-26(19)24(30)29(25(31)27-26)18-28(2)16-21-12-13-22(23(15-21)32-3)33-17-20-10-5-4-6-11-20/h4-6,10-13,15,19H,7-9,14,16-18H2,1-3H3,(H,27,31)/t19-,26-/m1/s1. The maximum Gasteiger partial charge on any atom is 0.326 e. The van der Waals surface area contributed by atoms with Crippen LogP contribution in [0.4, 0.5) is 4.79 Å². The summed E-state index contributed by atoms with van der Waals surface area (Å²) < 4.78 is 11.5. The van der Waals surface area contributed by atoms with Gasteiger partial charge < -0.3 is 14.8 Å². The summed E-state index contributed by atoms with van der Waals surface area (Å²) in [5.74, 6) is 1.40. The molecule has 2 aromatic carbocycles. The fourth-order valence-electron chi connectivity index (χ4n) is 4.89. The van der Waals surface area contributed by atoms with Crippen molar-refractivity contribution in [2.75, 3.05) is 20.8 Å². The van der Waals surface area contributed by atoms with E-state index in [1.165, 1.54) is 4.90 Å². The van der Waals surface area contributed by atoms with Gasteiger partial charge in [0, 0.05) is 6.54 Å². The Morgan fingerprint density at radius 2 is 1.88 bits per heavy atom. The molecule has 1 N–H and O–H groups in total. The lowest BCUT2D eigenvalue weighted by Gasteiger charge is -2.37. The SMILES string of the molecule is COc1cc(CN(C)CN2C(=O)N[C@@]3(CCCC[C@H]3C)C2=O)ccc1OCc1ccccc1. The van der Waals surface area contributed by atoms with E-state index in [0.717, 1.165) is 36.8 Å². The maximum absolute atomic E-state index is 13.2. The topological polar surface area (TPSA) is 71.1 Å². The van der Waals surface area contributed by atoms with Gasteiger partial charge in [0.1, 0.15) is 12.1 Å². The van der Waals surface area contributed by atoms with E-state index in [-0.39, 0.29) is 24.5 Å². The molecule has 2 aromatic rings. The number of carbonyl (C=O) groups is 2. The summed E-state index contributed by atoms with van der Waals surface area (Å²) in [6.45, 7) is 3.34. The Bertz CT molecular complexity index is 996. The molecule has 1 saturated heterocycles. The number of urea groups is 1. The van der Waals surface area contributed by atoms with Gasteiger partial charge in [-0.1, -0.05) is 56.2 Å². The van der Waals surface area contributed by atoms with E-state index in [0.29, 0.717) is 24.7 Å². The molecule has 1 aliphatic heterocycles. The van der Waals surface area contributed by atoms with Gasteiger partial charge in [-0.15, -0.1) is 0 Å². The monoisotopic (exact) mass is 451 g/mol. The molecule has 2 fully saturated rings. The van der Waals surface area contributed by atoms with Gasteiger partial charge >= 0.3 is 6.03 Å². The lowest BCUT2D eigenvalue weighted by molar-refractivity contribution is -0.135. The maximum atomic E-state index is 13.2. The zero-order valence-corrected chi connectivity index (χ0v) is 19.7. The first kappa shape index (κ1) is 23.1. The van der Waals surface area contributed by atoms with Crippen LogP contribution in [0.2, 0.25) is 0 Å². The molecular formula is C26H33N3O4. The Hall–Kier alpha value is -3.06. The van der Waals surface area contributed by atoms with Crippen LogP contribution in [0.3, 0.4) is 0 Å². The first-order valence-electron chi connectivity index (χ1n) is 11.6. The summed E-state index contributed by atoms with van der Waals surface area (Å²) in [4.78, 5) is 29.2. The molecular weight excluding hydrogens is 418 g/mol. The minimum absolute atomic E-state index is 0.0891. The van der Waals surface area contributed by atoms with Crippen LogP contribution in [0.25, 0.3) is 0 Å². The number of imide groups is 1. The van der Waals surface area contributed by atoms with Crippen molar-refractivity contribution in [3.05, 3.63) is 59.7 Å². The number of rotatable bonds is 8. The summed E-state index contributed by atoms with van der Waals surface area (Å²) in [7, 11) is 3.53. The van der Waals surface area contributed by atoms with Gasteiger partial charge in [0.25, 0.3) is 5.91 Å². The van der Waals surface area contributed by atoms with Crippen molar-refractivity contribution in [2.45, 2.75) is 51.3 Å². The quantitative estimate of drug-likeness (QED) is 0.610. The molecule has 2 atom stereocenters. The van der Waals surface area contributed by atoms with Crippen molar-refractivity contribution in [1.29, 1.82) is 0 Å². The van der Waals surface area contributed by atoms with Crippen LogP contribution in [0.1, 0.15) is 43.7 Å². The van der Waals surface area contributed by atoms with Crippen molar-refractivity contribution in [1.82, 2.24) is 15.1 Å². The fourth-order valence-corrected chi connectivity index (χ4v) is 4.89. The summed E-state index contributed by atoms with van der Waals surface area (Å²) in [5, 5.41) is 3.02. The van der Waals surface area contributed by atoms with Crippen molar-refractivity contribution >= 4 is 11.9 Å². The Kier molecular flexibility index (Phi) is 6.88. The van der Waals surface area contributed by atoms with Crippen molar-refractivity contribution < 1.29 is 19.1 Å². The minimum Gasteiger partial charge on any atom is -0.493 e. The van der Waals surface area contributed by atoms with Gasteiger partial charge in [-0.05, 0) is 49.1 Å². The summed E-state index contributed by atoms with van der Waals surface area (Å²) in [6, 6.07) is 15.5. The second kappa shape index (κ2) is 9.83. The molecule has 4 rings (SSSR count). The van der Waals surface area contributed by atoms with E-state index in [1.807, 2.05) is 60.5 Å². The zero-order valence-electron chi connectivity index (χ0n) is 19.7. The molecule has 1 spiro atoms. The molecule has 0 radical (unpaired) electrons. The molecule has 0 bridgehead atoms. The van der Waals surface area contributed by atoms with Gasteiger partial charge in [0.2, 0.25) is 0 Å². The largest absolute Gasteiger partial charge is 0.493 e. The number of carbonyl (C=O) groups excluding carboxylic acids is 2. The average molecular weight is 452 g/mol. The Morgan fingerprint density at radius 3 is 2.61 bits per heavy atom. The molecule has 1 heterocycles. The first-order chi connectivity index (χ1) is 15.9. The molecule has 176 valence electrons. The lowest BCUT2D eigenvalue weighted by atomic mass is 9.73. The molecule has 33 heavy (non-hydrogen) atoms. The van der Waals surface area contributed by atoms with E-state index < -0.39 is 5.54 Å². The number of nitrogens with one attached hydrogen (secondary N) is 1. The predicted octanol–water partition coefficient (Wildman–Crippen LogP) is 4.16. The predicted molar refractivity (Wildman–Crippen MR) is 126 cm³/mol. The summed E-state index contributed by atoms with van der Waals surface area (Å²) >= 11 is 0. The summed E-state index contributed by atoms with van der Waals surface area (Å²) in [5.41, 5.74) is 1.37. The van der Waals surface area contributed by atoms with E-state index in [4.69, 9.17) is 9.47 Å². The van der Waals surface area contributed by atoms with E-state index in [9.17, 15) is 9.59 Å².